The molecule has 1 amide bonds. The number of nitrogens with zero attached hydrogens (tertiary/aromatic N) is 3. The molecule has 0 radical (unpaired) electrons. The van der Waals surface area contributed by atoms with E-state index in [0.29, 0.717) is 5.82 Å². The van der Waals surface area contributed by atoms with Gasteiger partial charge < -0.3 is 10.1 Å². The maximum atomic E-state index is 14.7. The molecule has 5 rings (SSSR count). The van der Waals surface area contributed by atoms with Crippen LogP contribution in [0.25, 0.3) is 0 Å². The van der Waals surface area contributed by atoms with Gasteiger partial charge in [0.05, 0.1) is 23.2 Å². The molecule has 14 heteroatoms. The molecule has 8 nitrogen and oxygen atoms in total. The quantitative estimate of drug-likeness (QED) is 0.454. The maximum absolute atomic E-state index is 14.7. The highest BCUT2D eigenvalue weighted by Crippen LogP contribution is 2.57. The van der Waals surface area contributed by atoms with Crippen molar-refractivity contribution in [3.63, 3.8) is 0 Å². The second-order valence-electron chi connectivity index (χ2n) is 10.4. The second kappa shape index (κ2) is 9.95. The molecule has 2 aliphatic carbocycles. The number of amides is 1. The Labute approximate surface area is 222 Å². The summed E-state index contributed by atoms with van der Waals surface area (Å²) in [6.45, 7) is 0.578. The summed E-state index contributed by atoms with van der Waals surface area (Å²) in [4.78, 5) is 21.5. The van der Waals surface area contributed by atoms with Gasteiger partial charge in [-0.3, -0.25) is 4.79 Å². The fourth-order valence-electron chi connectivity index (χ4n) is 4.64. The molecule has 0 bridgehead atoms. The van der Waals surface area contributed by atoms with Crippen LogP contribution in [0.5, 0.6) is 5.88 Å². The molecule has 3 aliphatic rings. The fraction of sp³-hybridized carbons (Fsp3) is 0.560. The van der Waals surface area contributed by atoms with Crippen molar-refractivity contribution in [2.45, 2.75) is 80.8 Å². The number of nitrogens with one attached hydrogen (secondary N) is 1. The first-order valence-electron chi connectivity index (χ1n) is 12.6. The molecule has 2 saturated carbocycles. The van der Waals surface area contributed by atoms with E-state index in [9.17, 15) is 35.2 Å². The first-order chi connectivity index (χ1) is 18.3. The predicted octanol–water partition coefficient (Wildman–Crippen LogP) is 4.02. The summed E-state index contributed by atoms with van der Waals surface area (Å²) in [6.07, 6.45) is -4.79. The first-order valence-corrected chi connectivity index (χ1v) is 14.0. The molecule has 39 heavy (non-hydrogen) atoms. The highest BCUT2D eigenvalue weighted by atomic mass is 32.2. The molecule has 2 aromatic rings. The number of aromatic nitrogens is 2. The van der Waals surface area contributed by atoms with Crippen molar-refractivity contribution in [1.82, 2.24) is 19.6 Å². The Hall–Kier alpha value is -2.87. The zero-order valence-corrected chi connectivity index (χ0v) is 21.7. The fourth-order valence-corrected chi connectivity index (χ4v) is 6.45. The van der Waals surface area contributed by atoms with Gasteiger partial charge in [-0.1, -0.05) is 0 Å². The molecule has 1 N–H and O–H groups in total. The molecule has 1 aliphatic heterocycles. The van der Waals surface area contributed by atoms with Crippen LogP contribution in [0.15, 0.2) is 35.2 Å². The van der Waals surface area contributed by atoms with Crippen molar-refractivity contribution in [2.24, 2.45) is 5.41 Å². The lowest BCUT2D eigenvalue weighted by molar-refractivity contribution is -0.194. The lowest BCUT2D eigenvalue weighted by Crippen LogP contribution is -2.48. The standard InChI is InChI=1S/C25H27F5N4O4S/c1-14-19(27)11-20(34(14)39(36,37)18-6-4-16(26)5-7-18)23(35)31-12-17-10-21(33-22(32-17)15-2-3-15)38-13-24(8-9-24)25(28,29)30/h4-7,10,14-15,19-20H,2-3,8-9,11-13H2,1H3,(H,31,35). The van der Waals surface area contributed by atoms with Crippen LogP contribution in [-0.4, -0.2) is 59.6 Å². The zero-order chi connectivity index (χ0) is 28.2. The largest absolute Gasteiger partial charge is 0.477 e. The van der Waals surface area contributed by atoms with Gasteiger partial charge in [0.25, 0.3) is 0 Å². The minimum absolute atomic E-state index is 0.0211. The van der Waals surface area contributed by atoms with E-state index < -0.39 is 58.2 Å². The van der Waals surface area contributed by atoms with E-state index in [1.165, 1.54) is 13.0 Å². The van der Waals surface area contributed by atoms with Gasteiger partial charge in [0.15, 0.2) is 0 Å². The summed E-state index contributed by atoms with van der Waals surface area (Å²) in [7, 11) is -4.33. The average molecular weight is 575 g/mol. The van der Waals surface area contributed by atoms with Crippen molar-refractivity contribution in [1.29, 1.82) is 0 Å². The number of alkyl halides is 4. The number of carbonyl (C=O) groups is 1. The third kappa shape index (κ3) is 5.58. The van der Waals surface area contributed by atoms with Crippen molar-refractivity contribution in [3.8, 4) is 5.88 Å². The number of sulfonamides is 1. The summed E-state index contributed by atoms with van der Waals surface area (Å²) < 4.78 is 101. The van der Waals surface area contributed by atoms with Crippen LogP contribution in [0.2, 0.25) is 0 Å². The summed E-state index contributed by atoms with van der Waals surface area (Å²) in [5, 5.41) is 2.57. The summed E-state index contributed by atoms with van der Waals surface area (Å²) in [5.74, 6) is -1.01. The molecule has 2 heterocycles. The smallest absolute Gasteiger partial charge is 0.397 e. The molecule has 1 saturated heterocycles. The Kier molecular flexibility index (Phi) is 7.06. The van der Waals surface area contributed by atoms with Crippen LogP contribution < -0.4 is 10.1 Å². The van der Waals surface area contributed by atoms with Crippen molar-refractivity contribution >= 4 is 15.9 Å². The van der Waals surface area contributed by atoms with Gasteiger partial charge in [-0.15, -0.1) is 0 Å². The van der Waals surface area contributed by atoms with Crippen molar-refractivity contribution in [2.75, 3.05) is 6.61 Å². The molecule has 3 atom stereocenters. The average Bonchev–Trinajstić information content (AvgIpc) is 3.79. The normalized spacial score (nSPS) is 24.9. The molecular weight excluding hydrogens is 547 g/mol. The molecule has 212 valence electrons. The summed E-state index contributed by atoms with van der Waals surface area (Å²) >= 11 is 0. The van der Waals surface area contributed by atoms with Gasteiger partial charge in [0, 0.05) is 18.4 Å². The van der Waals surface area contributed by atoms with Gasteiger partial charge in [0.1, 0.15) is 35.9 Å². The molecular formula is C25H27F5N4O4S. The van der Waals surface area contributed by atoms with Crippen molar-refractivity contribution < 1.29 is 39.9 Å². The SMILES string of the molecule is CC1C(F)CC(C(=O)NCc2cc(OCC3(C(F)(F)F)CC3)nc(C3CC3)n2)N1S(=O)(=O)c1ccc(F)cc1. The predicted molar refractivity (Wildman–Crippen MR) is 127 cm³/mol. The van der Waals surface area contributed by atoms with E-state index in [4.69, 9.17) is 4.74 Å². The summed E-state index contributed by atoms with van der Waals surface area (Å²) in [5.41, 5.74) is -1.61. The Bertz CT molecular complexity index is 1350. The molecule has 3 fully saturated rings. The third-order valence-electron chi connectivity index (χ3n) is 7.48. The number of ether oxygens (including phenoxy) is 1. The van der Waals surface area contributed by atoms with Crippen LogP contribution in [0.3, 0.4) is 0 Å². The van der Waals surface area contributed by atoms with E-state index in [-0.39, 0.29) is 48.2 Å². The van der Waals surface area contributed by atoms with E-state index in [2.05, 4.69) is 15.3 Å². The maximum Gasteiger partial charge on any atom is 0.397 e. The Balaban J connectivity index is 1.31. The van der Waals surface area contributed by atoms with Gasteiger partial charge in [-0.05, 0) is 56.9 Å². The summed E-state index contributed by atoms with van der Waals surface area (Å²) in [6, 6.07) is 2.84. The van der Waals surface area contributed by atoms with Gasteiger partial charge in [-0.25, -0.2) is 22.2 Å². The van der Waals surface area contributed by atoms with Gasteiger partial charge in [0.2, 0.25) is 21.8 Å². The highest BCUT2D eigenvalue weighted by molar-refractivity contribution is 7.89. The lowest BCUT2D eigenvalue weighted by atomic mass is 10.1. The number of hydrogen-bond donors (Lipinski definition) is 1. The monoisotopic (exact) mass is 574 g/mol. The van der Waals surface area contributed by atoms with E-state index in [0.717, 1.165) is 41.4 Å². The lowest BCUT2D eigenvalue weighted by Gasteiger charge is -2.26. The van der Waals surface area contributed by atoms with Gasteiger partial charge >= 0.3 is 6.18 Å². The number of carbonyl (C=O) groups excluding carboxylic acids is 1. The van der Waals surface area contributed by atoms with Gasteiger partial charge in [-0.2, -0.15) is 22.5 Å². The molecule has 1 aromatic heterocycles. The number of hydrogen-bond acceptors (Lipinski definition) is 6. The van der Waals surface area contributed by atoms with E-state index in [1.54, 1.807) is 0 Å². The third-order valence-corrected chi connectivity index (χ3v) is 9.49. The van der Waals surface area contributed by atoms with Crippen LogP contribution >= 0.6 is 0 Å². The Morgan fingerprint density at radius 2 is 1.85 bits per heavy atom. The van der Waals surface area contributed by atoms with Crippen molar-refractivity contribution in [3.05, 3.63) is 47.7 Å². The number of benzene rings is 1. The van der Waals surface area contributed by atoms with Crippen LogP contribution in [0, 0.1) is 11.2 Å². The molecule has 0 spiro atoms. The van der Waals surface area contributed by atoms with Crippen LogP contribution in [0.4, 0.5) is 22.0 Å². The van der Waals surface area contributed by atoms with Crippen LogP contribution in [0.1, 0.15) is 56.5 Å². The minimum Gasteiger partial charge on any atom is -0.477 e. The molecule has 3 unspecified atom stereocenters. The topological polar surface area (TPSA) is 101 Å². The number of halogens is 5. The zero-order valence-electron chi connectivity index (χ0n) is 20.9. The molecule has 1 aromatic carbocycles. The van der Waals surface area contributed by atoms with E-state index in [1.807, 2.05) is 0 Å². The second-order valence-corrected chi connectivity index (χ2v) is 12.3. The minimum atomic E-state index is -4.39. The first kappa shape index (κ1) is 27.7. The Morgan fingerprint density at radius 3 is 2.44 bits per heavy atom. The number of rotatable bonds is 9. The van der Waals surface area contributed by atoms with Crippen LogP contribution in [-0.2, 0) is 21.4 Å². The Morgan fingerprint density at radius 1 is 1.18 bits per heavy atom. The van der Waals surface area contributed by atoms with E-state index >= 15 is 0 Å². The highest BCUT2D eigenvalue weighted by Gasteiger charge is 2.64.